The topological polar surface area (TPSA) is 31.4 Å². The Balaban J connectivity index is 1.55. The molecule has 0 bridgehead atoms. The number of nitrogens with zero attached hydrogens (tertiary/aromatic N) is 4. The van der Waals surface area contributed by atoms with Crippen LogP contribution < -0.4 is 0 Å². The number of hydrazine groups is 2. The molecule has 0 aromatic carbocycles. The first-order valence-corrected chi connectivity index (χ1v) is 8.26. The second-order valence-electron chi connectivity index (χ2n) is 6.56. The molecule has 0 aromatic rings. The van der Waals surface area contributed by atoms with Crippen molar-refractivity contribution in [3.05, 3.63) is 0 Å². The molecule has 5 heterocycles. The van der Waals surface area contributed by atoms with Gasteiger partial charge in [0.15, 0.2) is 0 Å². The molecular weight excluding hydrogens is 256 g/mol. The van der Waals surface area contributed by atoms with Crippen LogP contribution in [0.1, 0.15) is 38.5 Å². The lowest BCUT2D eigenvalue weighted by Gasteiger charge is -2.66. The SMILES string of the molecule is C1C[C@@H]2OCCN3[C@@H]4CCC[C@@H]5OCCN([C@@H](C1)N23)N54. The molecule has 5 saturated heterocycles. The van der Waals surface area contributed by atoms with Crippen LogP contribution in [0.3, 0.4) is 0 Å². The van der Waals surface area contributed by atoms with Crippen molar-refractivity contribution in [3.63, 3.8) is 0 Å². The van der Waals surface area contributed by atoms with Crippen LogP contribution in [0.2, 0.25) is 0 Å². The molecule has 6 heteroatoms. The summed E-state index contributed by atoms with van der Waals surface area (Å²) in [5, 5.41) is 10.4. The van der Waals surface area contributed by atoms with E-state index in [2.05, 4.69) is 20.0 Å². The molecule has 0 radical (unpaired) electrons. The Hall–Kier alpha value is -0.240. The van der Waals surface area contributed by atoms with Crippen LogP contribution in [0.5, 0.6) is 0 Å². The van der Waals surface area contributed by atoms with E-state index in [4.69, 9.17) is 9.47 Å². The van der Waals surface area contributed by atoms with Gasteiger partial charge in [0.05, 0.1) is 25.5 Å². The van der Waals surface area contributed by atoms with Gasteiger partial charge < -0.3 is 9.47 Å². The van der Waals surface area contributed by atoms with Crippen molar-refractivity contribution in [1.82, 2.24) is 20.0 Å². The average molecular weight is 280 g/mol. The van der Waals surface area contributed by atoms with Gasteiger partial charge in [-0.25, -0.2) is 10.0 Å². The van der Waals surface area contributed by atoms with E-state index in [-0.39, 0.29) is 0 Å². The molecule has 0 spiro atoms. The molecule has 0 amide bonds. The van der Waals surface area contributed by atoms with Crippen molar-refractivity contribution in [2.75, 3.05) is 26.3 Å². The molecule has 6 nitrogen and oxygen atoms in total. The summed E-state index contributed by atoms with van der Waals surface area (Å²) in [6, 6.07) is 0. The van der Waals surface area contributed by atoms with Crippen molar-refractivity contribution in [1.29, 1.82) is 0 Å². The Bertz CT molecular complexity index is 327. The monoisotopic (exact) mass is 280 g/mol. The van der Waals surface area contributed by atoms with Gasteiger partial charge in [-0.05, 0) is 38.5 Å². The highest BCUT2D eigenvalue weighted by Gasteiger charge is 2.54. The van der Waals surface area contributed by atoms with Gasteiger partial charge in [-0.15, -0.1) is 0 Å². The number of hydrogen-bond acceptors (Lipinski definition) is 6. The standard InChI is InChI=1S/C14H24N4O2/c1-3-11-15-7-10-20-14-6-2-4-12(18(14)15)16-8-9-19-13(5-1)17(11)16/h11-14H,1-10H2/t11-,12+,13-,14-/m0/s1. The molecule has 20 heavy (non-hydrogen) atoms. The fourth-order valence-electron chi connectivity index (χ4n) is 4.83. The highest BCUT2D eigenvalue weighted by molar-refractivity contribution is 4.93. The maximum atomic E-state index is 6.04. The quantitative estimate of drug-likeness (QED) is 0.651. The van der Waals surface area contributed by atoms with Crippen molar-refractivity contribution in [3.8, 4) is 0 Å². The largest absolute Gasteiger partial charge is 0.360 e. The molecule has 4 atom stereocenters. The second-order valence-corrected chi connectivity index (χ2v) is 6.56. The predicted octanol–water partition coefficient (Wildman–Crippen LogP) is 0.771. The molecule has 0 unspecified atom stereocenters. The third-order valence-corrected chi connectivity index (χ3v) is 5.57. The minimum Gasteiger partial charge on any atom is -0.360 e. The number of piperidine rings is 2. The summed E-state index contributed by atoms with van der Waals surface area (Å²) in [6.45, 7) is 3.83. The lowest BCUT2D eigenvalue weighted by Crippen LogP contribution is -2.81. The fraction of sp³-hybridized carbons (Fsp3) is 1.00. The van der Waals surface area contributed by atoms with Gasteiger partial charge in [-0.2, -0.15) is 10.0 Å². The Kier molecular flexibility index (Phi) is 2.85. The second kappa shape index (κ2) is 4.63. The summed E-state index contributed by atoms with van der Waals surface area (Å²) >= 11 is 0. The number of hydrogen-bond donors (Lipinski definition) is 0. The molecule has 0 aliphatic carbocycles. The zero-order chi connectivity index (χ0) is 13.1. The zero-order valence-electron chi connectivity index (χ0n) is 12.0. The van der Waals surface area contributed by atoms with Crippen LogP contribution in [-0.4, -0.2) is 71.1 Å². The van der Waals surface area contributed by atoms with Gasteiger partial charge in [0, 0.05) is 13.1 Å². The summed E-state index contributed by atoms with van der Waals surface area (Å²) in [7, 11) is 0. The molecule has 112 valence electrons. The number of fused-ring (bicyclic) bond motifs is 2. The maximum absolute atomic E-state index is 6.04. The molecule has 0 aromatic heterocycles. The third kappa shape index (κ3) is 1.60. The lowest BCUT2D eigenvalue weighted by atomic mass is 10.0. The summed E-state index contributed by atoms with van der Waals surface area (Å²) in [5.41, 5.74) is 0. The summed E-state index contributed by atoms with van der Waals surface area (Å²) in [4.78, 5) is 0. The first-order chi connectivity index (χ1) is 9.93. The molecule has 5 aliphatic rings. The Morgan fingerprint density at radius 2 is 1.15 bits per heavy atom. The van der Waals surface area contributed by atoms with Crippen LogP contribution in [-0.2, 0) is 9.47 Å². The van der Waals surface area contributed by atoms with Gasteiger partial charge in [0.2, 0.25) is 0 Å². The molecule has 5 fully saturated rings. The van der Waals surface area contributed by atoms with Gasteiger partial charge in [0.25, 0.3) is 0 Å². The minimum atomic E-state index is 0.313. The molecular formula is C14H24N4O2. The van der Waals surface area contributed by atoms with E-state index in [1.54, 1.807) is 0 Å². The lowest BCUT2D eigenvalue weighted by molar-refractivity contribution is -0.413. The van der Waals surface area contributed by atoms with Crippen LogP contribution >= 0.6 is 0 Å². The van der Waals surface area contributed by atoms with Gasteiger partial charge in [-0.3, -0.25) is 0 Å². The fourth-order valence-corrected chi connectivity index (χ4v) is 4.83. The Morgan fingerprint density at radius 3 is 1.65 bits per heavy atom. The maximum Gasteiger partial charge on any atom is 0.125 e. The van der Waals surface area contributed by atoms with E-state index < -0.39 is 0 Å². The van der Waals surface area contributed by atoms with E-state index in [9.17, 15) is 0 Å². The Labute approximate surface area is 120 Å². The normalized spacial score (nSPS) is 46.8. The first-order valence-electron chi connectivity index (χ1n) is 8.26. The van der Waals surface area contributed by atoms with Crippen LogP contribution in [0.15, 0.2) is 0 Å². The first kappa shape index (κ1) is 12.3. The highest BCUT2D eigenvalue weighted by atomic mass is 16.5. The molecule has 0 N–H and O–H groups in total. The van der Waals surface area contributed by atoms with Gasteiger partial charge in [-0.1, -0.05) is 0 Å². The van der Waals surface area contributed by atoms with E-state index in [1.165, 1.54) is 38.5 Å². The third-order valence-electron chi connectivity index (χ3n) is 5.57. The van der Waals surface area contributed by atoms with Crippen LogP contribution in [0, 0.1) is 0 Å². The predicted molar refractivity (Wildman–Crippen MR) is 71.8 cm³/mol. The minimum absolute atomic E-state index is 0.313. The molecule has 0 saturated carbocycles. The van der Waals surface area contributed by atoms with Crippen molar-refractivity contribution < 1.29 is 9.47 Å². The van der Waals surface area contributed by atoms with Crippen molar-refractivity contribution in [2.45, 2.75) is 63.3 Å². The van der Waals surface area contributed by atoms with Crippen LogP contribution in [0.25, 0.3) is 0 Å². The summed E-state index contributed by atoms with van der Waals surface area (Å²) < 4.78 is 12.1. The van der Waals surface area contributed by atoms with E-state index >= 15 is 0 Å². The summed E-state index contributed by atoms with van der Waals surface area (Å²) in [6.07, 6.45) is 9.06. The highest BCUT2D eigenvalue weighted by Crippen LogP contribution is 2.42. The number of rotatable bonds is 0. The van der Waals surface area contributed by atoms with Gasteiger partial charge >= 0.3 is 0 Å². The average Bonchev–Trinajstić information content (AvgIpc) is 2.52. The van der Waals surface area contributed by atoms with Crippen molar-refractivity contribution in [2.24, 2.45) is 0 Å². The molecule has 5 aliphatic heterocycles. The van der Waals surface area contributed by atoms with E-state index in [0.717, 1.165) is 26.3 Å². The zero-order valence-corrected chi connectivity index (χ0v) is 12.0. The van der Waals surface area contributed by atoms with E-state index in [1.807, 2.05) is 0 Å². The smallest absolute Gasteiger partial charge is 0.125 e. The van der Waals surface area contributed by atoms with Crippen molar-refractivity contribution >= 4 is 0 Å². The van der Waals surface area contributed by atoms with E-state index in [0.29, 0.717) is 24.8 Å². The molecule has 5 rings (SSSR count). The number of ether oxygens (including phenoxy) is 2. The summed E-state index contributed by atoms with van der Waals surface area (Å²) in [5.74, 6) is 0. The Morgan fingerprint density at radius 1 is 0.650 bits per heavy atom. The van der Waals surface area contributed by atoms with Gasteiger partial charge in [0.1, 0.15) is 12.5 Å². The van der Waals surface area contributed by atoms with Crippen LogP contribution in [0.4, 0.5) is 0 Å².